The van der Waals surface area contributed by atoms with Crippen molar-refractivity contribution in [2.45, 2.75) is 69.7 Å². The van der Waals surface area contributed by atoms with Crippen molar-refractivity contribution in [2.24, 2.45) is 0 Å². The van der Waals surface area contributed by atoms with Crippen molar-refractivity contribution in [3.63, 3.8) is 0 Å². The maximum absolute atomic E-state index is 13.2. The molecule has 2 fully saturated rings. The second-order valence-corrected chi connectivity index (χ2v) is 8.45. The van der Waals surface area contributed by atoms with Gasteiger partial charge in [-0.05, 0) is 49.3 Å². The Morgan fingerprint density at radius 2 is 1.68 bits per heavy atom. The summed E-state index contributed by atoms with van der Waals surface area (Å²) in [5.74, 6) is 1.10. The smallest absolute Gasteiger partial charge is 0.266 e. The number of hydrogen-bond acceptors (Lipinski definition) is 3. The van der Waals surface area contributed by atoms with Crippen LogP contribution in [0, 0.1) is 0 Å². The molecule has 2 N–H and O–H groups in total. The van der Waals surface area contributed by atoms with Crippen molar-refractivity contribution in [2.75, 3.05) is 0 Å². The van der Waals surface area contributed by atoms with Gasteiger partial charge in [-0.2, -0.15) is 0 Å². The van der Waals surface area contributed by atoms with Crippen LogP contribution in [0.1, 0.15) is 62.7 Å². The zero-order chi connectivity index (χ0) is 19.5. The van der Waals surface area contributed by atoms with E-state index < -0.39 is 6.10 Å². The Kier molecular flexibility index (Phi) is 5.67. The molecule has 4 nitrogen and oxygen atoms in total. The highest BCUT2D eigenvalue weighted by atomic mass is 16.5. The van der Waals surface area contributed by atoms with E-state index in [0.29, 0.717) is 18.0 Å². The van der Waals surface area contributed by atoms with Crippen LogP contribution < -0.4 is 15.4 Å². The van der Waals surface area contributed by atoms with E-state index in [-0.39, 0.29) is 11.9 Å². The van der Waals surface area contributed by atoms with Gasteiger partial charge in [-0.25, -0.2) is 0 Å². The summed E-state index contributed by atoms with van der Waals surface area (Å²) in [5, 5.41) is 6.90. The molecular weight excluding hydrogens is 348 g/mol. The van der Waals surface area contributed by atoms with Gasteiger partial charge in [-0.1, -0.05) is 56.3 Å². The molecule has 2 aromatic rings. The fourth-order valence-corrected chi connectivity index (χ4v) is 4.44. The lowest BCUT2D eigenvalue weighted by molar-refractivity contribution is -0.129. The molecule has 0 spiro atoms. The van der Waals surface area contributed by atoms with E-state index in [1.165, 1.54) is 18.4 Å². The standard InChI is InChI=1S/C24H30N2O2/c1-16(2)18-9-6-10-22(13-18)28-23(17-7-4-3-5-8-17)24(27)26-21-14-19-11-12-20(15-21)25-19/h3-10,13,16,19-21,23,25H,11-12,14-15H2,1-2H3,(H,26,27). The van der Waals surface area contributed by atoms with Crippen molar-refractivity contribution in [3.05, 3.63) is 65.7 Å². The monoisotopic (exact) mass is 378 g/mol. The second-order valence-electron chi connectivity index (χ2n) is 8.45. The van der Waals surface area contributed by atoms with Crippen LogP contribution in [0.3, 0.4) is 0 Å². The average molecular weight is 379 g/mol. The first-order chi connectivity index (χ1) is 13.6. The largest absolute Gasteiger partial charge is 0.476 e. The fraction of sp³-hybridized carbons (Fsp3) is 0.458. The lowest BCUT2D eigenvalue weighted by atomic mass is 9.99. The van der Waals surface area contributed by atoms with Gasteiger partial charge in [-0.15, -0.1) is 0 Å². The number of fused-ring (bicyclic) bond motifs is 2. The highest BCUT2D eigenvalue weighted by molar-refractivity contribution is 5.83. The summed E-state index contributed by atoms with van der Waals surface area (Å²) in [6.07, 6.45) is 3.81. The molecule has 2 heterocycles. The summed E-state index contributed by atoms with van der Waals surface area (Å²) in [6, 6.07) is 19.2. The molecule has 2 bridgehead atoms. The Morgan fingerprint density at radius 3 is 2.36 bits per heavy atom. The summed E-state index contributed by atoms with van der Waals surface area (Å²) in [4.78, 5) is 13.2. The summed E-state index contributed by atoms with van der Waals surface area (Å²) in [7, 11) is 0. The molecule has 28 heavy (non-hydrogen) atoms. The van der Waals surface area contributed by atoms with Crippen LogP contribution in [0.5, 0.6) is 5.75 Å². The van der Waals surface area contributed by atoms with Crippen LogP contribution in [0.2, 0.25) is 0 Å². The van der Waals surface area contributed by atoms with Crippen molar-refractivity contribution >= 4 is 5.91 Å². The molecular formula is C24H30N2O2. The van der Waals surface area contributed by atoms with Crippen LogP contribution in [-0.2, 0) is 4.79 Å². The Balaban J connectivity index is 1.52. The Bertz CT molecular complexity index is 793. The van der Waals surface area contributed by atoms with E-state index in [1.807, 2.05) is 48.5 Å². The van der Waals surface area contributed by atoms with E-state index in [1.54, 1.807) is 0 Å². The molecule has 2 aromatic carbocycles. The molecule has 1 amide bonds. The molecule has 4 rings (SSSR count). The van der Waals surface area contributed by atoms with Gasteiger partial charge in [0.2, 0.25) is 6.10 Å². The quantitative estimate of drug-likeness (QED) is 0.787. The first-order valence-electron chi connectivity index (χ1n) is 10.5. The minimum atomic E-state index is -0.642. The van der Waals surface area contributed by atoms with Gasteiger partial charge in [0.05, 0.1) is 0 Å². The van der Waals surface area contributed by atoms with Gasteiger partial charge in [0.15, 0.2) is 0 Å². The van der Waals surface area contributed by atoms with E-state index in [0.717, 1.165) is 24.2 Å². The summed E-state index contributed by atoms with van der Waals surface area (Å²) in [6.45, 7) is 4.32. The highest BCUT2D eigenvalue weighted by Gasteiger charge is 2.35. The first kappa shape index (κ1) is 19.0. The number of ether oxygens (including phenoxy) is 1. The van der Waals surface area contributed by atoms with Crippen molar-refractivity contribution in [3.8, 4) is 5.75 Å². The van der Waals surface area contributed by atoms with Crippen molar-refractivity contribution in [1.29, 1.82) is 0 Å². The summed E-state index contributed by atoms with van der Waals surface area (Å²) >= 11 is 0. The zero-order valence-electron chi connectivity index (χ0n) is 16.7. The molecule has 0 saturated carbocycles. The van der Waals surface area contributed by atoms with E-state index >= 15 is 0 Å². The van der Waals surface area contributed by atoms with E-state index in [9.17, 15) is 4.79 Å². The van der Waals surface area contributed by atoms with Gasteiger partial charge in [0.25, 0.3) is 5.91 Å². The zero-order valence-corrected chi connectivity index (χ0v) is 16.7. The highest BCUT2D eigenvalue weighted by Crippen LogP contribution is 2.29. The summed E-state index contributed by atoms with van der Waals surface area (Å²) in [5.41, 5.74) is 2.09. The molecule has 2 saturated heterocycles. The number of rotatable bonds is 6. The van der Waals surface area contributed by atoms with Crippen molar-refractivity contribution in [1.82, 2.24) is 10.6 Å². The molecule has 0 radical (unpaired) electrons. The number of carbonyl (C=O) groups is 1. The minimum absolute atomic E-state index is 0.0487. The lowest BCUT2D eigenvalue weighted by Crippen LogP contribution is -2.49. The topological polar surface area (TPSA) is 50.4 Å². The van der Waals surface area contributed by atoms with Crippen LogP contribution in [0.4, 0.5) is 0 Å². The number of hydrogen-bond donors (Lipinski definition) is 2. The number of carbonyl (C=O) groups excluding carboxylic acids is 1. The molecule has 0 aliphatic carbocycles. The molecule has 148 valence electrons. The van der Waals surface area contributed by atoms with Crippen LogP contribution in [-0.4, -0.2) is 24.0 Å². The second kappa shape index (κ2) is 8.36. The molecule has 2 aliphatic heterocycles. The number of amides is 1. The van der Waals surface area contributed by atoms with Gasteiger partial charge >= 0.3 is 0 Å². The van der Waals surface area contributed by atoms with E-state index in [4.69, 9.17) is 4.74 Å². The van der Waals surface area contributed by atoms with Gasteiger partial charge in [-0.3, -0.25) is 4.79 Å². The molecule has 0 aromatic heterocycles. The Morgan fingerprint density at radius 1 is 1.00 bits per heavy atom. The average Bonchev–Trinajstić information content (AvgIpc) is 3.05. The maximum Gasteiger partial charge on any atom is 0.266 e. The fourth-order valence-electron chi connectivity index (χ4n) is 4.44. The minimum Gasteiger partial charge on any atom is -0.476 e. The molecule has 3 unspecified atom stereocenters. The first-order valence-corrected chi connectivity index (χ1v) is 10.5. The third-order valence-electron chi connectivity index (χ3n) is 5.94. The normalized spacial score (nSPS) is 24.8. The molecule has 2 aliphatic rings. The van der Waals surface area contributed by atoms with Gasteiger partial charge in [0, 0.05) is 23.7 Å². The predicted octanol–water partition coefficient (Wildman–Crippen LogP) is 4.33. The lowest BCUT2D eigenvalue weighted by Gasteiger charge is -2.31. The van der Waals surface area contributed by atoms with Gasteiger partial charge in [0.1, 0.15) is 5.75 Å². The van der Waals surface area contributed by atoms with E-state index in [2.05, 4.69) is 30.5 Å². The maximum atomic E-state index is 13.2. The summed E-state index contributed by atoms with van der Waals surface area (Å²) < 4.78 is 6.24. The third-order valence-corrected chi connectivity index (χ3v) is 5.94. The SMILES string of the molecule is CC(C)c1cccc(OC(C(=O)NC2CC3CCC(C2)N3)c2ccccc2)c1. The van der Waals surface area contributed by atoms with Crippen LogP contribution in [0.15, 0.2) is 54.6 Å². The molecule has 4 heteroatoms. The molecule has 3 atom stereocenters. The van der Waals surface area contributed by atoms with Crippen LogP contribution in [0.25, 0.3) is 0 Å². The number of benzene rings is 2. The van der Waals surface area contributed by atoms with Crippen molar-refractivity contribution < 1.29 is 9.53 Å². The predicted molar refractivity (Wildman–Crippen MR) is 111 cm³/mol. The van der Waals surface area contributed by atoms with Crippen LogP contribution >= 0.6 is 0 Å². The number of piperidine rings is 1. The van der Waals surface area contributed by atoms with Gasteiger partial charge < -0.3 is 15.4 Å². The number of nitrogens with one attached hydrogen (secondary N) is 2. The Labute approximate surface area is 167 Å². The third kappa shape index (κ3) is 4.39. The Hall–Kier alpha value is -2.33.